The lowest BCUT2D eigenvalue weighted by atomic mass is 9.94. The molecule has 0 aromatic carbocycles. The Morgan fingerprint density at radius 2 is 1.71 bits per heavy atom. The number of carbonyl (C=O) groups is 1. The third-order valence-corrected chi connectivity index (χ3v) is 3.60. The highest BCUT2D eigenvalue weighted by Gasteiger charge is 2.33. The number of hydrogen-bond acceptors (Lipinski definition) is 5. The average molecular weight is 264 g/mol. The van der Waals surface area contributed by atoms with E-state index >= 15 is 0 Å². The van der Waals surface area contributed by atoms with Crippen LogP contribution in [-0.4, -0.2) is 33.9 Å². The number of methoxy groups -OCH3 is 1. The molecule has 0 bridgehead atoms. The molecule has 1 aliphatic rings. The summed E-state index contributed by atoms with van der Waals surface area (Å²) in [5, 5.41) is 0. The van der Waals surface area contributed by atoms with Crippen LogP contribution < -0.4 is 0 Å². The van der Waals surface area contributed by atoms with E-state index in [0.29, 0.717) is 0 Å². The van der Waals surface area contributed by atoms with Gasteiger partial charge < -0.3 is 4.74 Å². The summed E-state index contributed by atoms with van der Waals surface area (Å²) in [6, 6.07) is 0. The molecule has 1 unspecified atom stereocenters. The fourth-order valence-corrected chi connectivity index (χ4v) is 2.84. The zero-order chi connectivity index (χ0) is 12.9. The molecule has 1 aliphatic carbocycles. The summed E-state index contributed by atoms with van der Waals surface area (Å²) in [6.07, 6.45) is 5.88. The van der Waals surface area contributed by atoms with E-state index in [-0.39, 0.29) is 5.92 Å². The molecule has 5 nitrogen and oxygen atoms in total. The standard InChI is InChI=1S/C11H20O5S/c1-15-11(12)10(16-17(2,13)14)9-7-5-3-4-6-8-9/h9-10H,3-8H2,1-2H3. The number of ether oxygens (including phenoxy) is 1. The normalized spacial score (nSPS) is 20.6. The van der Waals surface area contributed by atoms with E-state index in [1.54, 1.807) is 0 Å². The topological polar surface area (TPSA) is 69.7 Å². The second-order valence-corrected chi connectivity index (χ2v) is 6.10. The van der Waals surface area contributed by atoms with Crippen LogP contribution in [0.4, 0.5) is 0 Å². The predicted molar refractivity (Wildman–Crippen MR) is 62.9 cm³/mol. The maximum absolute atomic E-state index is 11.6. The van der Waals surface area contributed by atoms with E-state index in [1.807, 2.05) is 0 Å². The third-order valence-electron chi connectivity index (χ3n) is 3.04. The Morgan fingerprint density at radius 1 is 1.18 bits per heavy atom. The van der Waals surface area contributed by atoms with Gasteiger partial charge in [0.05, 0.1) is 13.4 Å². The van der Waals surface area contributed by atoms with Crippen molar-refractivity contribution >= 4 is 16.1 Å². The molecular formula is C11H20O5S. The van der Waals surface area contributed by atoms with Gasteiger partial charge in [-0.25, -0.2) is 4.79 Å². The summed E-state index contributed by atoms with van der Waals surface area (Å²) in [4.78, 5) is 11.6. The second kappa shape index (κ2) is 6.35. The fourth-order valence-electron chi connectivity index (χ4n) is 2.23. The molecular weight excluding hydrogens is 244 g/mol. The molecule has 0 heterocycles. The van der Waals surface area contributed by atoms with Crippen molar-refractivity contribution in [3.63, 3.8) is 0 Å². The minimum atomic E-state index is -3.64. The van der Waals surface area contributed by atoms with Gasteiger partial charge in [-0.1, -0.05) is 25.7 Å². The van der Waals surface area contributed by atoms with Crippen LogP contribution in [0.25, 0.3) is 0 Å². The lowest BCUT2D eigenvalue weighted by molar-refractivity contribution is -0.151. The van der Waals surface area contributed by atoms with E-state index in [0.717, 1.165) is 44.8 Å². The van der Waals surface area contributed by atoms with Crippen LogP contribution in [-0.2, 0) is 23.8 Å². The molecule has 6 heteroatoms. The van der Waals surface area contributed by atoms with Crippen LogP contribution in [0.1, 0.15) is 38.5 Å². The van der Waals surface area contributed by atoms with Crippen molar-refractivity contribution in [1.29, 1.82) is 0 Å². The first kappa shape index (κ1) is 14.4. The second-order valence-electron chi connectivity index (χ2n) is 4.50. The Balaban J connectivity index is 2.77. The first-order valence-electron chi connectivity index (χ1n) is 5.90. The van der Waals surface area contributed by atoms with Crippen LogP contribution >= 0.6 is 0 Å². The van der Waals surface area contributed by atoms with Crippen molar-refractivity contribution in [2.24, 2.45) is 5.92 Å². The highest BCUT2D eigenvalue weighted by atomic mass is 32.2. The van der Waals surface area contributed by atoms with E-state index < -0.39 is 22.2 Å². The van der Waals surface area contributed by atoms with Gasteiger partial charge in [0.25, 0.3) is 10.1 Å². The molecule has 0 N–H and O–H groups in total. The lowest BCUT2D eigenvalue weighted by Gasteiger charge is -2.22. The van der Waals surface area contributed by atoms with Gasteiger partial charge >= 0.3 is 5.97 Å². The van der Waals surface area contributed by atoms with Crippen molar-refractivity contribution in [2.75, 3.05) is 13.4 Å². The van der Waals surface area contributed by atoms with Crippen LogP contribution in [0.15, 0.2) is 0 Å². The van der Waals surface area contributed by atoms with Crippen molar-refractivity contribution in [3.8, 4) is 0 Å². The van der Waals surface area contributed by atoms with Gasteiger partial charge in [-0.05, 0) is 18.8 Å². The molecule has 0 radical (unpaired) electrons. The molecule has 1 fully saturated rings. The molecule has 100 valence electrons. The van der Waals surface area contributed by atoms with Gasteiger partial charge in [-0.3, -0.25) is 4.18 Å². The summed E-state index contributed by atoms with van der Waals surface area (Å²) in [7, 11) is -2.39. The molecule has 0 spiro atoms. The Labute approximate surface area is 103 Å². The minimum Gasteiger partial charge on any atom is -0.467 e. The molecule has 0 aromatic heterocycles. The summed E-state index contributed by atoms with van der Waals surface area (Å²) >= 11 is 0. The average Bonchev–Trinajstić information content (AvgIpc) is 2.52. The smallest absolute Gasteiger partial charge is 0.336 e. The first-order valence-corrected chi connectivity index (χ1v) is 7.72. The van der Waals surface area contributed by atoms with Crippen LogP contribution in [0.3, 0.4) is 0 Å². The zero-order valence-electron chi connectivity index (χ0n) is 10.3. The number of hydrogen-bond donors (Lipinski definition) is 0. The molecule has 17 heavy (non-hydrogen) atoms. The van der Waals surface area contributed by atoms with Gasteiger partial charge in [0.2, 0.25) is 0 Å². The highest BCUT2D eigenvalue weighted by Crippen LogP contribution is 2.28. The van der Waals surface area contributed by atoms with E-state index in [1.165, 1.54) is 7.11 Å². The van der Waals surface area contributed by atoms with Gasteiger partial charge in [-0.2, -0.15) is 8.42 Å². The minimum absolute atomic E-state index is 0.0559. The molecule has 0 aliphatic heterocycles. The Hall–Kier alpha value is -0.620. The Bertz CT molecular complexity index is 341. The van der Waals surface area contributed by atoms with Gasteiger partial charge in [0.15, 0.2) is 6.10 Å². The SMILES string of the molecule is COC(=O)C(OS(C)(=O)=O)C1CCCCCC1. The highest BCUT2D eigenvalue weighted by molar-refractivity contribution is 7.86. The Kier molecular flexibility index (Phi) is 5.39. The van der Waals surface area contributed by atoms with Crippen molar-refractivity contribution in [2.45, 2.75) is 44.6 Å². The van der Waals surface area contributed by atoms with E-state index in [4.69, 9.17) is 4.18 Å². The largest absolute Gasteiger partial charge is 0.467 e. The maximum Gasteiger partial charge on any atom is 0.336 e. The molecule has 1 rings (SSSR count). The zero-order valence-corrected chi connectivity index (χ0v) is 11.2. The number of carbonyl (C=O) groups excluding carboxylic acids is 1. The van der Waals surface area contributed by atoms with Crippen molar-refractivity contribution in [1.82, 2.24) is 0 Å². The Morgan fingerprint density at radius 3 is 2.12 bits per heavy atom. The van der Waals surface area contributed by atoms with E-state index in [2.05, 4.69) is 4.74 Å². The van der Waals surface area contributed by atoms with Crippen LogP contribution in [0.5, 0.6) is 0 Å². The number of rotatable bonds is 4. The summed E-state index contributed by atoms with van der Waals surface area (Å²) in [5.74, 6) is -0.651. The summed E-state index contributed by atoms with van der Waals surface area (Å²) in [5.41, 5.74) is 0. The molecule has 0 aromatic rings. The fraction of sp³-hybridized carbons (Fsp3) is 0.909. The van der Waals surface area contributed by atoms with Gasteiger partial charge in [0.1, 0.15) is 0 Å². The number of esters is 1. The molecule has 1 saturated carbocycles. The third kappa shape index (κ3) is 5.04. The predicted octanol–water partition coefficient (Wildman–Crippen LogP) is 1.47. The van der Waals surface area contributed by atoms with E-state index in [9.17, 15) is 13.2 Å². The van der Waals surface area contributed by atoms with Crippen molar-refractivity contribution < 1.29 is 22.1 Å². The van der Waals surface area contributed by atoms with Crippen LogP contribution in [0.2, 0.25) is 0 Å². The van der Waals surface area contributed by atoms with Gasteiger partial charge in [0, 0.05) is 0 Å². The molecule has 1 atom stereocenters. The van der Waals surface area contributed by atoms with Crippen molar-refractivity contribution in [3.05, 3.63) is 0 Å². The summed E-state index contributed by atoms with van der Waals surface area (Å²) < 4.78 is 31.8. The maximum atomic E-state index is 11.6. The van der Waals surface area contributed by atoms with Crippen LogP contribution in [0, 0.1) is 5.92 Å². The first-order chi connectivity index (χ1) is 7.94. The lowest BCUT2D eigenvalue weighted by Crippen LogP contribution is -2.35. The van der Waals surface area contributed by atoms with Gasteiger partial charge in [-0.15, -0.1) is 0 Å². The molecule has 0 amide bonds. The monoisotopic (exact) mass is 264 g/mol. The quantitative estimate of drug-likeness (QED) is 0.437. The molecule has 0 saturated heterocycles. The summed E-state index contributed by atoms with van der Waals surface area (Å²) in [6.45, 7) is 0.